The molecule has 0 aromatic carbocycles. The molecular weight excluding hydrogens is 256 g/mol. The number of amides is 1. The molecule has 1 aromatic rings. The molecule has 1 aliphatic rings. The molecule has 0 atom stereocenters. The van der Waals surface area contributed by atoms with Gasteiger partial charge >= 0.3 is 0 Å². The summed E-state index contributed by atoms with van der Waals surface area (Å²) in [6, 6.07) is 3.49. The van der Waals surface area contributed by atoms with Crippen LogP contribution in [0.1, 0.15) is 29.6 Å². The summed E-state index contributed by atoms with van der Waals surface area (Å²) in [5.74, 6) is 1.26. The lowest BCUT2D eigenvalue weighted by molar-refractivity contribution is 0.0669. The number of likely N-dealkylation sites (tertiary alicyclic amines) is 1. The summed E-state index contributed by atoms with van der Waals surface area (Å²) in [5, 5.41) is 0. The highest BCUT2D eigenvalue weighted by Gasteiger charge is 2.23. The van der Waals surface area contributed by atoms with Gasteiger partial charge in [0.05, 0.1) is 12.7 Å². The van der Waals surface area contributed by atoms with Crippen molar-refractivity contribution in [2.75, 3.05) is 33.9 Å². The Morgan fingerprint density at radius 2 is 2.10 bits per heavy atom. The van der Waals surface area contributed by atoms with Gasteiger partial charge in [-0.05, 0) is 31.2 Å². The maximum atomic E-state index is 12.3. The molecule has 0 radical (unpaired) electrons. The lowest BCUT2D eigenvalue weighted by atomic mass is 9.93. The summed E-state index contributed by atoms with van der Waals surface area (Å²) in [6.07, 6.45) is 4.78. The van der Waals surface area contributed by atoms with Crippen LogP contribution in [-0.4, -0.2) is 49.7 Å². The van der Waals surface area contributed by atoms with E-state index in [0.29, 0.717) is 17.4 Å². The predicted molar refractivity (Wildman–Crippen MR) is 75.9 cm³/mol. The molecule has 5 nitrogen and oxygen atoms in total. The molecule has 2 heterocycles. The molecule has 1 aromatic heterocycles. The Labute approximate surface area is 119 Å². The normalized spacial score (nSPS) is 16.2. The predicted octanol–water partition coefficient (Wildman–Crippen LogP) is 1.98. The van der Waals surface area contributed by atoms with E-state index in [4.69, 9.17) is 9.47 Å². The van der Waals surface area contributed by atoms with E-state index in [1.54, 1.807) is 32.5 Å². The quantitative estimate of drug-likeness (QED) is 0.826. The summed E-state index contributed by atoms with van der Waals surface area (Å²) < 4.78 is 10.1. The van der Waals surface area contributed by atoms with Crippen LogP contribution in [0.25, 0.3) is 0 Å². The summed E-state index contributed by atoms with van der Waals surface area (Å²) in [7, 11) is 3.30. The van der Waals surface area contributed by atoms with Crippen LogP contribution >= 0.6 is 0 Å². The summed E-state index contributed by atoms with van der Waals surface area (Å²) >= 11 is 0. The first kappa shape index (κ1) is 14.8. The van der Waals surface area contributed by atoms with Gasteiger partial charge in [-0.3, -0.25) is 4.79 Å². The minimum atomic E-state index is 0.0605. The molecule has 1 amide bonds. The molecule has 0 bridgehead atoms. The van der Waals surface area contributed by atoms with Gasteiger partial charge in [0, 0.05) is 39.1 Å². The number of rotatable bonds is 5. The van der Waals surface area contributed by atoms with E-state index in [9.17, 15) is 4.79 Å². The summed E-state index contributed by atoms with van der Waals surface area (Å²) in [6.45, 7) is 2.44. The Hall–Kier alpha value is -1.62. The number of pyridine rings is 1. The van der Waals surface area contributed by atoms with Gasteiger partial charge in [-0.2, -0.15) is 0 Å². The number of aromatic nitrogens is 1. The zero-order valence-corrected chi connectivity index (χ0v) is 12.2. The minimum absolute atomic E-state index is 0.0605. The van der Waals surface area contributed by atoms with E-state index >= 15 is 0 Å². The highest BCUT2D eigenvalue weighted by atomic mass is 16.5. The van der Waals surface area contributed by atoms with Crippen LogP contribution in [0.5, 0.6) is 5.88 Å². The highest BCUT2D eigenvalue weighted by molar-refractivity contribution is 5.94. The van der Waals surface area contributed by atoms with Crippen molar-refractivity contribution in [3.05, 3.63) is 23.9 Å². The first-order valence-electron chi connectivity index (χ1n) is 7.03. The van der Waals surface area contributed by atoms with Crippen molar-refractivity contribution in [1.29, 1.82) is 0 Å². The van der Waals surface area contributed by atoms with Crippen LogP contribution in [0, 0.1) is 5.92 Å². The Morgan fingerprint density at radius 3 is 2.65 bits per heavy atom. The molecular formula is C15H22N2O3. The minimum Gasteiger partial charge on any atom is -0.481 e. The van der Waals surface area contributed by atoms with Crippen molar-refractivity contribution in [2.45, 2.75) is 19.3 Å². The Bertz CT molecular complexity index is 425. The van der Waals surface area contributed by atoms with Crippen LogP contribution in [0.15, 0.2) is 18.3 Å². The molecule has 0 unspecified atom stereocenters. The lowest BCUT2D eigenvalue weighted by Gasteiger charge is -2.32. The first-order valence-corrected chi connectivity index (χ1v) is 7.03. The Balaban J connectivity index is 1.87. The van der Waals surface area contributed by atoms with Crippen molar-refractivity contribution < 1.29 is 14.3 Å². The summed E-state index contributed by atoms with van der Waals surface area (Å²) in [5.41, 5.74) is 0.626. The van der Waals surface area contributed by atoms with Gasteiger partial charge in [-0.15, -0.1) is 0 Å². The van der Waals surface area contributed by atoms with Gasteiger partial charge in [0.15, 0.2) is 0 Å². The van der Waals surface area contributed by atoms with E-state index in [-0.39, 0.29) is 5.91 Å². The number of piperidine rings is 1. The third-order valence-electron chi connectivity index (χ3n) is 3.82. The second kappa shape index (κ2) is 7.24. The fourth-order valence-corrected chi connectivity index (χ4v) is 2.52. The fraction of sp³-hybridized carbons (Fsp3) is 0.600. The standard InChI is InChI=1S/C15H22N2O3/c1-19-10-7-12-5-8-17(9-6-12)15(18)13-3-4-14(20-2)16-11-13/h3-4,11-12H,5-10H2,1-2H3. The zero-order valence-electron chi connectivity index (χ0n) is 12.2. The van der Waals surface area contributed by atoms with Crippen molar-refractivity contribution in [1.82, 2.24) is 9.88 Å². The van der Waals surface area contributed by atoms with Gasteiger partial charge in [-0.1, -0.05) is 0 Å². The Morgan fingerprint density at radius 1 is 1.35 bits per heavy atom. The average molecular weight is 278 g/mol. The van der Waals surface area contributed by atoms with E-state index in [1.165, 1.54) is 0 Å². The smallest absolute Gasteiger partial charge is 0.255 e. The van der Waals surface area contributed by atoms with Gasteiger partial charge in [0.1, 0.15) is 0 Å². The number of hydrogen-bond acceptors (Lipinski definition) is 4. The SMILES string of the molecule is COCCC1CCN(C(=O)c2ccc(OC)nc2)CC1. The van der Waals surface area contributed by atoms with Crippen LogP contribution in [0.3, 0.4) is 0 Å². The molecule has 0 spiro atoms. The lowest BCUT2D eigenvalue weighted by Crippen LogP contribution is -2.38. The van der Waals surface area contributed by atoms with Crippen molar-refractivity contribution in [3.63, 3.8) is 0 Å². The van der Waals surface area contributed by atoms with E-state index in [0.717, 1.165) is 39.0 Å². The molecule has 0 saturated carbocycles. The second-order valence-electron chi connectivity index (χ2n) is 5.11. The van der Waals surface area contributed by atoms with Crippen molar-refractivity contribution in [3.8, 4) is 5.88 Å². The molecule has 1 fully saturated rings. The number of nitrogens with zero attached hydrogens (tertiary/aromatic N) is 2. The molecule has 0 aliphatic carbocycles. The van der Waals surface area contributed by atoms with Gasteiger partial charge in [0.25, 0.3) is 5.91 Å². The van der Waals surface area contributed by atoms with Crippen LogP contribution in [-0.2, 0) is 4.74 Å². The maximum absolute atomic E-state index is 12.3. The fourth-order valence-electron chi connectivity index (χ4n) is 2.52. The van der Waals surface area contributed by atoms with Crippen LogP contribution in [0.4, 0.5) is 0 Å². The summed E-state index contributed by atoms with van der Waals surface area (Å²) in [4.78, 5) is 18.3. The largest absolute Gasteiger partial charge is 0.481 e. The average Bonchev–Trinajstić information content (AvgIpc) is 2.53. The maximum Gasteiger partial charge on any atom is 0.255 e. The monoisotopic (exact) mass is 278 g/mol. The van der Waals surface area contributed by atoms with Gasteiger partial charge in [0.2, 0.25) is 5.88 Å². The van der Waals surface area contributed by atoms with E-state index in [2.05, 4.69) is 4.98 Å². The second-order valence-corrected chi connectivity index (χ2v) is 5.11. The first-order chi connectivity index (χ1) is 9.74. The number of carbonyl (C=O) groups is 1. The number of ether oxygens (including phenoxy) is 2. The molecule has 1 saturated heterocycles. The topological polar surface area (TPSA) is 51.7 Å². The zero-order chi connectivity index (χ0) is 14.4. The van der Waals surface area contributed by atoms with Gasteiger partial charge in [-0.25, -0.2) is 4.98 Å². The van der Waals surface area contributed by atoms with Crippen LogP contribution in [0.2, 0.25) is 0 Å². The molecule has 1 aliphatic heterocycles. The van der Waals surface area contributed by atoms with Crippen molar-refractivity contribution in [2.24, 2.45) is 5.92 Å². The van der Waals surface area contributed by atoms with Crippen molar-refractivity contribution >= 4 is 5.91 Å². The number of methoxy groups -OCH3 is 2. The molecule has 110 valence electrons. The van der Waals surface area contributed by atoms with Crippen LogP contribution < -0.4 is 4.74 Å². The molecule has 0 N–H and O–H groups in total. The molecule has 5 heteroatoms. The third kappa shape index (κ3) is 3.70. The number of carbonyl (C=O) groups excluding carboxylic acids is 1. The Kier molecular flexibility index (Phi) is 5.35. The highest BCUT2D eigenvalue weighted by Crippen LogP contribution is 2.22. The molecule has 20 heavy (non-hydrogen) atoms. The van der Waals surface area contributed by atoms with Gasteiger partial charge < -0.3 is 14.4 Å². The van der Waals surface area contributed by atoms with E-state index in [1.807, 2.05) is 4.90 Å². The third-order valence-corrected chi connectivity index (χ3v) is 3.82. The molecule has 2 rings (SSSR count). The number of hydrogen-bond donors (Lipinski definition) is 0. The van der Waals surface area contributed by atoms with E-state index < -0.39 is 0 Å².